The lowest BCUT2D eigenvalue weighted by atomic mass is 10.1. The van der Waals surface area contributed by atoms with Crippen LogP contribution in [0.25, 0.3) is 0 Å². The average molecular weight is 554 g/mol. The van der Waals surface area contributed by atoms with Crippen molar-refractivity contribution in [3.8, 4) is 0 Å². The van der Waals surface area contributed by atoms with Crippen LogP contribution in [0.3, 0.4) is 0 Å². The molecule has 1 saturated heterocycles. The number of hydrogen-bond donors (Lipinski definition) is 3. The molecule has 0 radical (unpaired) electrons. The van der Waals surface area contributed by atoms with E-state index in [9.17, 15) is 9.90 Å². The zero-order valence-corrected chi connectivity index (χ0v) is 20.7. The van der Waals surface area contributed by atoms with E-state index in [1.54, 1.807) is 13.2 Å². The van der Waals surface area contributed by atoms with E-state index in [0.29, 0.717) is 30.3 Å². The van der Waals surface area contributed by atoms with Crippen molar-refractivity contribution in [2.24, 2.45) is 4.99 Å². The molecule has 1 heterocycles. The van der Waals surface area contributed by atoms with Crippen LogP contribution in [0.15, 0.2) is 29.3 Å². The van der Waals surface area contributed by atoms with E-state index in [0.717, 1.165) is 38.7 Å². The van der Waals surface area contributed by atoms with Gasteiger partial charge in [-0.1, -0.05) is 29.8 Å². The monoisotopic (exact) mass is 553 g/mol. The van der Waals surface area contributed by atoms with Gasteiger partial charge in [0.1, 0.15) is 6.10 Å². The number of carbonyl (C=O) groups excluding carboxylic acids is 1. The summed E-state index contributed by atoms with van der Waals surface area (Å²) in [7, 11) is 1.61. The molecule has 2 rings (SSSR count). The zero-order valence-electron chi connectivity index (χ0n) is 17.6. The highest BCUT2D eigenvalue weighted by Gasteiger charge is 2.21. The molecule has 0 saturated carbocycles. The van der Waals surface area contributed by atoms with Gasteiger partial charge in [0, 0.05) is 57.0 Å². The number of nitrogens with zero attached hydrogens (tertiary/aromatic N) is 3. The minimum absolute atomic E-state index is 0. The van der Waals surface area contributed by atoms with Crippen LogP contribution in [0.5, 0.6) is 0 Å². The first kappa shape index (κ1) is 26.9. The summed E-state index contributed by atoms with van der Waals surface area (Å²) in [5.41, 5.74) is 0.679. The second kappa shape index (κ2) is 14.8. The van der Waals surface area contributed by atoms with E-state index >= 15 is 0 Å². The first-order chi connectivity index (χ1) is 14.0. The fraction of sp³-hybridized carbons (Fsp3) is 0.600. The number of aliphatic imine (C=N–C) groups is 1. The lowest BCUT2D eigenvalue weighted by Gasteiger charge is -2.36. The number of guanidine groups is 1. The molecule has 1 amide bonds. The minimum Gasteiger partial charge on any atom is -0.386 e. The molecule has 8 nitrogen and oxygen atoms in total. The predicted octanol–water partition coefficient (Wildman–Crippen LogP) is 1.34. The first-order valence-corrected chi connectivity index (χ1v) is 10.4. The number of carbonyl (C=O) groups is 1. The van der Waals surface area contributed by atoms with Gasteiger partial charge in [-0.05, 0) is 13.0 Å². The van der Waals surface area contributed by atoms with Crippen LogP contribution >= 0.6 is 35.6 Å². The molecule has 1 aromatic rings. The fourth-order valence-corrected chi connectivity index (χ4v) is 3.37. The van der Waals surface area contributed by atoms with E-state index in [2.05, 4.69) is 25.4 Å². The summed E-state index contributed by atoms with van der Waals surface area (Å²) >= 11 is 6.16. The quantitative estimate of drug-likeness (QED) is 0.185. The van der Waals surface area contributed by atoms with Crippen molar-refractivity contribution in [3.05, 3.63) is 34.9 Å². The number of aliphatic hydroxyl groups excluding tert-OH is 1. The number of rotatable bonds is 9. The maximum Gasteiger partial charge on any atom is 0.234 e. The SMILES string of the molecule is CCNC(=NCC(O)c1ccccc1Cl)N1CCN(CC(=O)NCCOC)CC1.I. The van der Waals surface area contributed by atoms with Crippen molar-refractivity contribution in [3.63, 3.8) is 0 Å². The smallest absolute Gasteiger partial charge is 0.234 e. The fourth-order valence-electron chi connectivity index (χ4n) is 3.11. The van der Waals surface area contributed by atoms with Crippen LogP contribution in [-0.4, -0.2) is 92.8 Å². The Morgan fingerprint density at radius 1 is 1.27 bits per heavy atom. The van der Waals surface area contributed by atoms with Crippen molar-refractivity contribution < 1.29 is 14.6 Å². The molecule has 1 fully saturated rings. The second-order valence-electron chi connectivity index (χ2n) is 6.84. The molecule has 3 N–H and O–H groups in total. The third-order valence-electron chi connectivity index (χ3n) is 4.68. The highest BCUT2D eigenvalue weighted by atomic mass is 127. The van der Waals surface area contributed by atoms with Gasteiger partial charge >= 0.3 is 0 Å². The molecule has 0 bridgehead atoms. The number of ether oxygens (including phenoxy) is 1. The van der Waals surface area contributed by atoms with E-state index in [4.69, 9.17) is 16.3 Å². The molecule has 1 unspecified atom stereocenters. The molecule has 1 aliphatic heterocycles. The van der Waals surface area contributed by atoms with E-state index in [-0.39, 0.29) is 36.4 Å². The van der Waals surface area contributed by atoms with Gasteiger partial charge in [-0.25, -0.2) is 0 Å². The van der Waals surface area contributed by atoms with Crippen molar-refractivity contribution in [1.82, 2.24) is 20.4 Å². The summed E-state index contributed by atoms with van der Waals surface area (Å²) in [6, 6.07) is 7.26. The third-order valence-corrected chi connectivity index (χ3v) is 5.02. The number of benzene rings is 1. The standard InChI is InChI=1S/C20H32ClN5O3.HI/c1-3-22-20(24-14-18(27)16-6-4-5-7-17(16)21)26-11-9-25(10-12-26)15-19(28)23-8-13-29-2;/h4-7,18,27H,3,8-15H2,1-2H3,(H,22,24)(H,23,28);1H. The summed E-state index contributed by atoms with van der Waals surface area (Å²) in [5, 5.41) is 17.1. The van der Waals surface area contributed by atoms with Crippen molar-refractivity contribution >= 4 is 47.4 Å². The van der Waals surface area contributed by atoms with Gasteiger partial charge in [0.2, 0.25) is 5.91 Å². The predicted molar refractivity (Wildman–Crippen MR) is 131 cm³/mol. The lowest BCUT2D eigenvalue weighted by molar-refractivity contribution is -0.122. The van der Waals surface area contributed by atoms with Gasteiger partial charge in [0.15, 0.2) is 5.96 Å². The number of nitrogens with one attached hydrogen (secondary N) is 2. The maximum atomic E-state index is 11.9. The van der Waals surface area contributed by atoms with Crippen LogP contribution in [-0.2, 0) is 9.53 Å². The Labute approximate surface area is 201 Å². The number of amides is 1. The third kappa shape index (κ3) is 8.93. The molecular weight excluding hydrogens is 521 g/mol. The molecular formula is C20H33ClIN5O3. The van der Waals surface area contributed by atoms with Crippen molar-refractivity contribution in [2.45, 2.75) is 13.0 Å². The summed E-state index contributed by atoms with van der Waals surface area (Å²) in [4.78, 5) is 20.8. The van der Waals surface area contributed by atoms with Crippen molar-refractivity contribution in [1.29, 1.82) is 0 Å². The summed E-state index contributed by atoms with van der Waals surface area (Å²) in [6.45, 7) is 7.49. The van der Waals surface area contributed by atoms with Crippen LogP contribution < -0.4 is 10.6 Å². The Hall–Kier alpha value is -1.14. The number of halogens is 2. The van der Waals surface area contributed by atoms with Crippen molar-refractivity contribution in [2.75, 3.05) is 66.1 Å². The Morgan fingerprint density at radius 3 is 2.60 bits per heavy atom. The van der Waals surface area contributed by atoms with Crippen LogP contribution in [0.4, 0.5) is 0 Å². The largest absolute Gasteiger partial charge is 0.386 e. The average Bonchev–Trinajstić information content (AvgIpc) is 2.72. The van der Waals surface area contributed by atoms with Crippen LogP contribution in [0.1, 0.15) is 18.6 Å². The topological polar surface area (TPSA) is 89.4 Å². The summed E-state index contributed by atoms with van der Waals surface area (Å²) < 4.78 is 4.94. The summed E-state index contributed by atoms with van der Waals surface area (Å²) in [5.74, 6) is 0.779. The normalized spacial score (nSPS) is 16.0. The van der Waals surface area contributed by atoms with Gasteiger partial charge in [-0.15, -0.1) is 24.0 Å². The molecule has 170 valence electrons. The van der Waals surface area contributed by atoms with Gasteiger partial charge in [-0.2, -0.15) is 0 Å². The van der Waals surface area contributed by atoms with E-state index in [1.165, 1.54) is 0 Å². The molecule has 30 heavy (non-hydrogen) atoms. The highest BCUT2D eigenvalue weighted by molar-refractivity contribution is 14.0. The number of aliphatic hydroxyl groups is 1. The lowest BCUT2D eigenvalue weighted by Crippen LogP contribution is -2.54. The number of piperazine rings is 1. The van der Waals surface area contributed by atoms with Crippen LogP contribution in [0, 0.1) is 0 Å². The first-order valence-electron chi connectivity index (χ1n) is 9.98. The summed E-state index contributed by atoms with van der Waals surface area (Å²) in [6.07, 6.45) is -0.755. The molecule has 0 aliphatic carbocycles. The van der Waals surface area contributed by atoms with Gasteiger partial charge in [-0.3, -0.25) is 14.7 Å². The van der Waals surface area contributed by atoms with E-state index in [1.807, 2.05) is 25.1 Å². The molecule has 1 aromatic carbocycles. The molecule has 0 spiro atoms. The van der Waals surface area contributed by atoms with E-state index < -0.39 is 6.10 Å². The Balaban J connectivity index is 0.00000450. The second-order valence-corrected chi connectivity index (χ2v) is 7.25. The maximum absolute atomic E-state index is 11.9. The molecule has 0 aromatic heterocycles. The van der Waals surface area contributed by atoms with Gasteiger partial charge in [0.05, 0.1) is 19.7 Å². The Kier molecular flexibility index (Phi) is 13.3. The zero-order chi connectivity index (χ0) is 21.1. The Morgan fingerprint density at radius 2 is 1.97 bits per heavy atom. The van der Waals surface area contributed by atoms with Crippen LogP contribution in [0.2, 0.25) is 5.02 Å². The molecule has 1 atom stereocenters. The minimum atomic E-state index is -0.755. The number of hydrogen-bond acceptors (Lipinski definition) is 5. The highest BCUT2D eigenvalue weighted by Crippen LogP contribution is 2.22. The van der Waals surface area contributed by atoms with Gasteiger partial charge in [0.25, 0.3) is 0 Å². The molecule has 1 aliphatic rings. The van der Waals surface area contributed by atoms with Gasteiger partial charge < -0.3 is 25.4 Å². The number of methoxy groups -OCH3 is 1. The molecule has 10 heteroatoms. The Bertz CT molecular complexity index is 672.